The molecule has 1 N–H and O–H groups in total. The molecule has 0 unspecified atom stereocenters. The van der Waals surface area contributed by atoms with Crippen LogP contribution >= 0.6 is 0 Å². The number of benzene rings is 2. The first-order chi connectivity index (χ1) is 20.9. The van der Waals surface area contributed by atoms with Crippen molar-refractivity contribution in [1.82, 2.24) is 19.6 Å². The summed E-state index contributed by atoms with van der Waals surface area (Å²) in [5, 5.41) is 14.3. The largest absolute Gasteiger partial charge is 0.480 e. The lowest BCUT2D eigenvalue weighted by Gasteiger charge is -2.33. The summed E-state index contributed by atoms with van der Waals surface area (Å²) in [4.78, 5) is 29.0. The van der Waals surface area contributed by atoms with Gasteiger partial charge < -0.3 is 10.0 Å². The summed E-state index contributed by atoms with van der Waals surface area (Å²) in [5.74, 6) is 0.765. The molecule has 230 valence electrons. The fourth-order valence-corrected chi connectivity index (χ4v) is 7.31. The molecule has 2 aromatic carbocycles. The van der Waals surface area contributed by atoms with Gasteiger partial charge in [0.25, 0.3) is 0 Å². The Balaban J connectivity index is 0.000000171. The molecule has 0 amide bonds. The van der Waals surface area contributed by atoms with Crippen LogP contribution in [0.5, 0.6) is 0 Å². The number of carbonyl (C=O) groups is 2. The van der Waals surface area contributed by atoms with Gasteiger partial charge in [-0.15, -0.1) is 0 Å². The molecule has 2 atom stereocenters. The molecule has 2 aliphatic heterocycles. The number of aromatic nitrogens is 2. The first-order valence-electron chi connectivity index (χ1n) is 16.3. The Kier molecular flexibility index (Phi) is 10.8. The van der Waals surface area contributed by atoms with Crippen molar-refractivity contribution < 1.29 is 14.7 Å². The fourth-order valence-electron chi connectivity index (χ4n) is 7.31. The van der Waals surface area contributed by atoms with E-state index in [1.165, 1.54) is 30.5 Å². The maximum Gasteiger partial charge on any atom is 0.321 e. The highest BCUT2D eigenvalue weighted by molar-refractivity contribution is 6.07. The summed E-state index contributed by atoms with van der Waals surface area (Å²) >= 11 is 0. The van der Waals surface area contributed by atoms with Gasteiger partial charge >= 0.3 is 5.97 Å². The number of carbonyl (C=O) groups excluding carboxylic acids is 1. The number of rotatable bonds is 8. The lowest BCUT2D eigenvalue weighted by Crippen LogP contribution is -2.45. The highest BCUT2D eigenvalue weighted by atomic mass is 16.4. The molecule has 0 spiro atoms. The van der Waals surface area contributed by atoms with Crippen LogP contribution in [0.25, 0.3) is 0 Å². The summed E-state index contributed by atoms with van der Waals surface area (Å²) in [5.41, 5.74) is 3.85. The highest BCUT2D eigenvalue weighted by Gasteiger charge is 2.38. The summed E-state index contributed by atoms with van der Waals surface area (Å²) in [6.45, 7) is 6.94. The van der Waals surface area contributed by atoms with Crippen molar-refractivity contribution >= 4 is 11.8 Å². The monoisotopic (exact) mass is 584 g/mol. The van der Waals surface area contributed by atoms with Crippen LogP contribution in [0.15, 0.2) is 66.7 Å². The van der Waals surface area contributed by atoms with Gasteiger partial charge in [-0.1, -0.05) is 79.9 Å². The predicted octanol–water partition coefficient (Wildman–Crippen LogP) is 6.45. The van der Waals surface area contributed by atoms with Gasteiger partial charge in [0.05, 0.1) is 0 Å². The van der Waals surface area contributed by atoms with Crippen molar-refractivity contribution in [3.63, 3.8) is 0 Å². The van der Waals surface area contributed by atoms with Crippen LogP contribution in [0.2, 0.25) is 0 Å². The molecule has 0 bridgehead atoms. The van der Waals surface area contributed by atoms with E-state index in [0.717, 1.165) is 64.8 Å². The van der Waals surface area contributed by atoms with Crippen molar-refractivity contribution in [2.45, 2.75) is 82.7 Å². The Bertz CT molecular complexity index is 1310. The van der Waals surface area contributed by atoms with E-state index in [1.54, 1.807) is 0 Å². The SMILES string of the molecule is CCn1nc(C(=O)c2ccccc2)cc1C1CCN(C)CC1.O=C(O)[C@@H](C1CCCCC1)N1CC[C@@H](c2ccccc2)C1. The lowest BCUT2D eigenvalue weighted by atomic mass is 9.83. The maximum atomic E-state index is 12.6. The minimum absolute atomic E-state index is 0.0157. The van der Waals surface area contributed by atoms with Gasteiger partial charge in [-0.25, -0.2) is 0 Å². The Hall–Kier alpha value is -3.29. The molecule has 43 heavy (non-hydrogen) atoms. The smallest absolute Gasteiger partial charge is 0.321 e. The van der Waals surface area contributed by atoms with E-state index in [0.29, 0.717) is 29.0 Å². The van der Waals surface area contributed by atoms with E-state index in [1.807, 2.05) is 47.1 Å². The average molecular weight is 585 g/mol. The summed E-state index contributed by atoms with van der Waals surface area (Å²) in [6, 6.07) is 21.7. The van der Waals surface area contributed by atoms with Crippen LogP contribution in [0.4, 0.5) is 0 Å². The average Bonchev–Trinajstić information content (AvgIpc) is 3.71. The van der Waals surface area contributed by atoms with E-state index < -0.39 is 5.97 Å². The molecule has 3 aromatic rings. The van der Waals surface area contributed by atoms with Crippen LogP contribution in [0, 0.1) is 5.92 Å². The highest BCUT2D eigenvalue weighted by Crippen LogP contribution is 2.35. The zero-order valence-corrected chi connectivity index (χ0v) is 25.9. The van der Waals surface area contributed by atoms with Gasteiger partial charge in [-0.05, 0) is 89.2 Å². The molecule has 6 rings (SSSR count). The third-order valence-electron chi connectivity index (χ3n) is 9.75. The van der Waals surface area contributed by atoms with Gasteiger partial charge in [0.1, 0.15) is 11.7 Å². The van der Waals surface area contributed by atoms with Gasteiger partial charge in [-0.2, -0.15) is 5.10 Å². The number of aliphatic carboxylic acids is 1. The molecule has 0 radical (unpaired) electrons. The zero-order chi connectivity index (χ0) is 30.2. The Labute approximate surface area is 256 Å². The van der Waals surface area contributed by atoms with E-state index in [4.69, 9.17) is 0 Å². The number of aryl methyl sites for hydroxylation is 1. The summed E-state index contributed by atoms with van der Waals surface area (Å²) in [6.07, 6.45) is 9.21. The maximum absolute atomic E-state index is 12.6. The van der Waals surface area contributed by atoms with Gasteiger partial charge in [0.15, 0.2) is 0 Å². The summed E-state index contributed by atoms with van der Waals surface area (Å²) < 4.78 is 2.01. The summed E-state index contributed by atoms with van der Waals surface area (Å²) in [7, 11) is 2.16. The lowest BCUT2D eigenvalue weighted by molar-refractivity contribution is -0.145. The predicted molar refractivity (Wildman–Crippen MR) is 171 cm³/mol. The van der Waals surface area contributed by atoms with E-state index in [2.05, 4.69) is 53.1 Å². The molecule has 7 heteroatoms. The molecule has 7 nitrogen and oxygen atoms in total. The molecular formula is C36H48N4O3. The van der Waals surface area contributed by atoms with Crippen LogP contribution in [-0.2, 0) is 11.3 Å². The van der Waals surface area contributed by atoms with E-state index >= 15 is 0 Å². The number of hydrogen-bond acceptors (Lipinski definition) is 5. The van der Waals surface area contributed by atoms with Crippen molar-refractivity contribution in [2.75, 3.05) is 33.2 Å². The molecule has 1 aliphatic carbocycles. The molecule has 3 aliphatic rings. The molecular weight excluding hydrogens is 536 g/mol. The van der Waals surface area contributed by atoms with Crippen LogP contribution < -0.4 is 0 Å². The second kappa shape index (κ2) is 14.9. The minimum Gasteiger partial charge on any atom is -0.480 e. The van der Waals surface area contributed by atoms with Gasteiger partial charge in [0, 0.05) is 30.3 Å². The Morgan fingerprint density at radius 1 is 0.860 bits per heavy atom. The first-order valence-corrected chi connectivity index (χ1v) is 16.3. The number of nitrogens with zero attached hydrogens (tertiary/aromatic N) is 4. The molecule has 3 fully saturated rings. The molecule has 3 heterocycles. The molecule has 1 saturated carbocycles. The Morgan fingerprint density at radius 2 is 1.49 bits per heavy atom. The number of hydrogen-bond donors (Lipinski definition) is 1. The topological polar surface area (TPSA) is 78.7 Å². The number of ketones is 1. The third kappa shape index (κ3) is 7.81. The van der Waals surface area contributed by atoms with Crippen molar-refractivity contribution in [1.29, 1.82) is 0 Å². The van der Waals surface area contributed by atoms with Crippen molar-refractivity contribution in [3.8, 4) is 0 Å². The standard InChI is InChI=1S/C18H23N3O.C18H25NO2/c1-3-21-17(14-9-11-20(2)12-10-14)13-16(19-21)18(22)15-7-5-4-6-8-15;20-18(21)17(15-9-5-2-6-10-15)19-12-11-16(13-19)14-7-3-1-4-8-14/h4-8,13-14H,3,9-12H2,1-2H3;1,3-4,7-8,15-17H,2,5-6,9-13H2,(H,20,21)/t;16-,17-/m.1/s1. The quantitative estimate of drug-likeness (QED) is 0.307. The number of piperidine rings is 1. The van der Waals surface area contributed by atoms with E-state index in [9.17, 15) is 14.7 Å². The molecule has 2 saturated heterocycles. The number of likely N-dealkylation sites (tertiary alicyclic amines) is 2. The Morgan fingerprint density at radius 3 is 2.12 bits per heavy atom. The zero-order valence-electron chi connectivity index (χ0n) is 25.9. The number of carboxylic acid groups (broad SMARTS) is 1. The van der Waals surface area contributed by atoms with Crippen molar-refractivity contribution in [3.05, 3.63) is 89.2 Å². The second-order valence-electron chi connectivity index (χ2n) is 12.6. The van der Waals surface area contributed by atoms with Crippen LogP contribution in [-0.4, -0.2) is 75.7 Å². The molecule has 1 aromatic heterocycles. The number of carboxylic acids is 1. The fraction of sp³-hybridized carbons (Fsp3) is 0.528. The van der Waals surface area contributed by atoms with Crippen LogP contribution in [0.1, 0.15) is 97.4 Å². The van der Waals surface area contributed by atoms with Gasteiger partial charge in [-0.3, -0.25) is 19.2 Å². The van der Waals surface area contributed by atoms with Gasteiger partial charge in [0.2, 0.25) is 5.78 Å². The van der Waals surface area contributed by atoms with Crippen molar-refractivity contribution in [2.24, 2.45) is 5.92 Å². The minimum atomic E-state index is -0.615. The van der Waals surface area contributed by atoms with Crippen LogP contribution in [0.3, 0.4) is 0 Å². The van der Waals surface area contributed by atoms with E-state index in [-0.39, 0.29) is 11.8 Å². The third-order valence-corrected chi connectivity index (χ3v) is 9.75. The second-order valence-corrected chi connectivity index (χ2v) is 12.6. The first kappa shape index (κ1) is 31.1. The normalized spacial score (nSPS) is 21.2.